The minimum Gasteiger partial charge on any atom is -0.309 e. The summed E-state index contributed by atoms with van der Waals surface area (Å²) in [6.07, 6.45) is 5.58. The Bertz CT molecular complexity index is 339. The molecular formula is C11H17N3O. The van der Waals surface area contributed by atoms with Crippen molar-refractivity contribution in [1.29, 1.82) is 0 Å². The second-order valence-electron chi connectivity index (χ2n) is 4.09. The molecule has 2 rings (SSSR count). The van der Waals surface area contributed by atoms with Crippen molar-refractivity contribution in [3.05, 3.63) is 11.8 Å². The van der Waals surface area contributed by atoms with Gasteiger partial charge in [0.05, 0.1) is 0 Å². The summed E-state index contributed by atoms with van der Waals surface area (Å²) < 4.78 is 0. The molecular weight excluding hydrogens is 190 g/mol. The fourth-order valence-electron chi connectivity index (χ4n) is 2.08. The van der Waals surface area contributed by atoms with E-state index in [0.717, 1.165) is 0 Å². The summed E-state index contributed by atoms with van der Waals surface area (Å²) in [5, 5.41) is 9.86. The number of carbonyl (C=O) groups excluding carboxylic acids is 1. The highest BCUT2D eigenvalue weighted by atomic mass is 16.1. The highest BCUT2D eigenvalue weighted by molar-refractivity contribution is 5.89. The van der Waals surface area contributed by atoms with Crippen LogP contribution in [0.2, 0.25) is 0 Å². The summed E-state index contributed by atoms with van der Waals surface area (Å²) in [5.74, 6) is 1.29. The monoisotopic (exact) mass is 207 g/mol. The number of nitrogens with zero attached hydrogens (tertiary/aromatic N) is 1. The average molecular weight is 207 g/mol. The van der Waals surface area contributed by atoms with E-state index in [1.54, 1.807) is 0 Å². The summed E-state index contributed by atoms with van der Waals surface area (Å²) in [6, 6.07) is 1.96. The van der Waals surface area contributed by atoms with Crippen molar-refractivity contribution >= 4 is 11.7 Å². The van der Waals surface area contributed by atoms with Gasteiger partial charge in [-0.1, -0.05) is 19.8 Å². The Morgan fingerprint density at radius 1 is 1.60 bits per heavy atom. The van der Waals surface area contributed by atoms with E-state index in [1.807, 2.05) is 13.0 Å². The molecule has 0 aliphatic heterocycles. The maximum absolute atomic E-state index is 11.1. The number of anilines is 1. The van der Waals surface area contributed by atoms with E-state index in [4.69, 9.17) is 0 Å². The summed E-state index contributed by atoms with van der Waals surface area (Å²) in [4.78, 5) is 11.1. The van der Waals surface area contributed by atoms with E-state index in [9.17, 15) is 4.79 Å². The second kappa shape index (κ2) is 4.47. The highest BCUT2D eigenvalue weighted by Gasteiger charge is 2.19. The van der Waals surface area contributed by atoms with Gasteiger partial charge in [-0.15, -0.1) is 0 Å². The molecule has 0 spiro atoms. The molecule has 15 heavy (non-hydrogen) atoms. The van der Waals surface area contributed by atoms with Crippen LogP contribution in [0.1, 0.15) is 50.6 Å². The minimum atomic E-state index is 0.0134. The van der Waals surface area contributed by atoms with Crippen LogP contribution in [0.3, 0.4) is 0 Å². The lowest BCUT2D eigenvalue weighted by atomic mass is 10.0. The van der Waals surface area contributed by atoms with Crippen molar-refractivity contribution in [2.45, 2.75) is 44.9 Å². The molecule has 82 valence electrons. The van der Waals surface area contributed by atoms with Gasteiger partial charge in [-0.3, -0.25) is 9.89 Å². The Morgan fingerprint density at radius 2 is 2.33 bits per heavy atom. The number of hydrogen-bond acceptors (Lipinski definition) is 2. The van der Waals surface area contributed by atoms with Crippen molar-refractivity contribution in [3.63, 3.8) is 0 Å². The lowest BCUT2D eigenvalue weighted by Crippen LogP contribution is -2.09. The molecule has 0 radical (unpaired) electrons. The topological polar surface area (TPSA) is 57.8 Å². The molecule has 4 nitrogen and oxygen atoms in total. The Labute approximate surface area is 89.5 Å². The quantitative estimate of drug-likeness (QED) is 0.799. The molecule has 1 fully saturated rings. The van der Waals surface area contributed by atoms with Crippen LogP contribution in [-0.4, -0.2) is 16.1 Å². The number of H-pyrrole nitrogens is 1. The van der Waals surface area contributed by atoms with Crippen LogP contribution in [0.15, 0.2) is 6.07 Å². The smallest absolute Gasteiger partial charge is 0.225 e. The zero-order valence-corrected chi connectivity index (χ0v) is 9.05. The molecule has 1 aromatic rings. The molecule has 1 aromatic heterocycles. The fourth-order valence-corrected chi connectivity index (χ4v) is 2.08. The van der Waals surface area contributed by atoms with Gasteiger partial charge in [-0.2, -0.15) is 5.10 Å². The van der Waals surface area contributed by atoms with Crippen molar-refractivity contribution < 1.29 is 4.79 Å². The minimum absolute atomic E-state index is 0.0134. The standard InChI is InChI=1S/C11H17N3O/c1-2-11(15)12-10-7-9(13-14-10)8-5-3-4-6-8/h7-8H,2-6H2,1H3,(H2,12,13,14,15). The predicted octanol–water partition coefficient (Wildman–Crippen LogP) is 2.42. The normalized spacial score (nSPS) is 16.9. The number of amides is 1. The van der Waals surface area contributed by atoms with Gasteiger partial charge < -0.3 is 5.32 Å². The van der Waals surface area contributed by atoms with E-state index in [0.29, 0.717) is 18.2 Å². The van der Waals surface area contributed by atoms with Crippen molar-refractivity contribution in [3.8, 4) is 0 Å². The Balaban J connectivity index is 2.00. The molecule has 0 unspecified atom stereocenters. The Morgan fingerprint density at radius 3 is 3.00 bits per heavy atom. The zero-order chi connectivity index (χ0) is 10.7. The summed E-state index contributed by atoms with van der Waals surface area (Å²) in [7, 11) is 0. The van der Waals surface area contributed by atoms with E-state index in [2.05, 4.69) is 15.5 Å². The third kappa shape index (κ3) is 2.37. The van der Waals surface area contributed by atoms with Crippen LogP contribution in [0.25, 0.3) is 0 Å². The molecule has 1 heterocycles. The lowest BCUT2D eigenvalue weighted by Gasteiger charge is -2.03. The molecule has 0 bridgehead atoms. The largest absolute Gasteiger partial charge is 0.309 e. The lowest BCUT2D eigenvalue weighted by molar-refractivity contribution is -0.115. The number of hydrogen-bond donors (Lipinski definition) is 2. The third-order valence-electron chi connectivity index (χ3n) is 2.98. The molecule has 2 N–H and O–H groups in total. The average Bonchev–Trinajstić information content (AvgIpc) is 2.85. The SMILES string of the molecule is CCC(=O)Nc1cc(C2CCCC2)[nH]n1. The van der Waals surface area contributed by atoms with Crippen LogP contribution in [0.5, 0.6) is 0 Å². The van der Waals surface area contributed by atoms with Gasteiger partial charge in [-0.05, 0) is 12.8 Å². The summed E-state index contributed by atoms with van der Waals surface area (Å²) in [6.45, 7) is 1.83. The maximum Gasteiger partial charge on any atom is 0.225 e. The van der Waals surface area contributed by atoms with Gasteiger partial charge in [0, 0.05) is 24.1 Å². The number of aromatic nitrogens is 2. The van der Waals surface area contributed by atoms with Crippen molar-refractivity contribution in [2.75, 3.05) is 5.32 Å². The van der Waals surface area contributed by atoms with Gasteiger partial charge in [0.1, 0.15) is 0 Å². The van der Waals surface area contributed by atoms with E-state index in [-0.39, 0.29) is 5.91 Å². The molecule has 1 aliphatic carbocycles. The molecule has 1 amide bonds. The molecule has 0 atom stereocenters. The first-order valence-electron chi connectivity index (χ1n) is 5.64. The molecule has 0 saturated heterocycles. The summed E-state index contributed by atoms with van der Waals surface area (Å²) >= 11 is 0. The first-order valence-corrected chi connectivity index (χ1v) is 5.64. The number of nitrogens with one attached hydrogen (secondary N) is 2. The van der Waals surface area contributed by atoms with Crippen LogP contribution in [0.4, 0.5) is 5.82 Å². The van der Waals surface area contributed by atoms with Crippen LogP contribution < -0.4 is 5.32 Å². The Hall–Kier alpha value is -1.32. The molecule has 1 aliphatic rings. The second-order valence-corrected chi connectivity index (χ2v) is 4.09. The third-order valence-corrected chi connectivity index (χ3v) is 2.98. The van der Waals surface area contributed by atoms with Gasteiger partial charge in [0.25, 0.3) is 0 Å². The molecule has 4 heteroatoms. The Kier molecular flexibility index (Phi) is 3.04. The number of aromatic amines is 1. The van der Waals surface area contributed by atoms with Crippen LogP contribution in [0, 0.1) is 0 Å². The van der Waals surface area contributed by atoms with Crippen LogP contribution in [-0.2, 0) is 4.79 Å². The van der Waals surface area contributed by atoms with Crippen molar-refractivity contribution in [2.24, 2.45) is 0 Å². The highest BCUT2D eigenvalue weighted by Crippen LogP contribution is 2.33. The molecule has 1 saturated carbocycles. The van der Waals surface area contributed by atoms with Gasteiger partial charge in [0.15, 0.2) is 5.82 Å². The number of rotatable bonds is 3. The molecule has 0 aromatic carbocycles. The van der Waals surface area contributed by atoms with E-state index >= 15 is 0 Å². The fraction of sp³-hybridized carbons (Fsp3) is 0.636. The van der Waals surface area contributed by atoms with Gasteiger partial charge in [0.2, 0.25) is 5.91 Å². The van der Waals surface area contributed by atoms with E-state index < -0.39 is 0 Å². The van der Waals surface area contributed by atoms with E-state index in [1.165, 1.54) is 31.4 Å². The van der Waals surface area contributed by atoms with Gasteiger partial charge >= 0.3 is 0 Å². The zero-order valence-electron chi connectivity index (χ0n) is 9.05. The maximum atomic E-state index is 11.1. The number of carbonyl (C=O) groups is 1. The summed E-state index contributed by atoms with van der Waals surface area (Å²) in [5.41, 5.74) is 1.17. The first-order chi connectivity index (χ1) is 7.29. The predicted molar refractivity (Wildman–Crippen MR) is 58.7 cm³/mol. The first kappa shape index (κ1) is 10.2. The van der Waals surface area contributed by atoms with Crippen molar-refractivity contribution in [1.82, 2.24) is 10.2 Å². The van der Waals surface area contributed by atoms with Gasteiger partial charge in [-0.25, -0.2) is 0 Å². The van der Waals surface area contributed by atoms with Crippen LogP contribution >= 0.6 is 0 Å².